The molecule has 0 amide bonds. The van der Waals surface area contributed by atoms with Gasteiger partial charge in [0, 0.05) is 6.04 Å². The van der Waals surface area contributed by atoms with E-state index < -0.39 is 48.8 Å². The second-order valence-corrected chi connectivity index (χ2v) is 6.02. The molecule has 0 radical (unpaired) electrons. The van der Waals surface area contributed by atoms with E-state index >= 15 is 0 Å². The Morgan fingerprint density at radius 1 is 1.39 bits per heavy atom. The number of carboxylic acid groups (broad SMARTS) is 1. The van der Waals surface area contributed by atoms with Gasteiger partial charge >= 0.3 is 5.97 Å². The summed E-state index contributed by atoms with van der Waals surface area (Å²) in [7, 11) is 0. The Labute approximate surface area is 135 Å². The van der Waals surface area contributed by atoms with Crippen LogP contribution in [0.2, 0.25) is 0 Å². The lowest BCUT2D eigenvalue weighted by molar-refractivity contribution is -0.148. The fourth-order valence-corrected chi connectivity index (χ4v) is 2.46. The van der Waals surface area contributed by atoms with Gasteiger partial charge in [0.2, 0.25) is 5.76 Å². The highest BCUT2D eigenvalue weighted by molar-refractivity contribution is 5.84. The third kappa shape index (κ3) is 4.89. The SMILES string of the molecule is CCC(C)C(C)N[C@H]1[C@H]([C@H](O)[C@H](O)CO)OC(C(=O)O)=C[C@@H]1O. The molecule has 1 aliphatic heterocycles. The quantitative estimate of drug-likeness (QED) is 0.326. The van der Waals surface area contributed by atoms with E-state index in [0.717, 1.165) is 12.5 Å². The van der Waals surface area contributed by atoms with Crippen LogP contribution >= 0.6 is 0 Å². The number of carbonyl (C=O) groups is 1. The zero-order valence-electron chi connectivity index (χ0n) is 13.6. The molecule has 7 atom stereocenters. The van der Waals surface area contributed by atoms with E-state index in [1.165, 1.54) is 0 Å². The molecule has 23 heavy (non-hydrogen) atoms. The Balaban J connectivity index is 3.03. The highest BCUT2D eigenvalue weighted by atomic mass is 16.5. The monoisotopic (exact) mass is 333 g/mol. The van der Waals surface area contributed by atoms with Gasteiger partial charge in [-0.2, -0.15) is 0 Å². The average Bonchev–Trinajstić information content (AvgIpc) is 2.53. The van der Waals surface area contributed by atoms with E-state index in [-0.39, 0.29) is 12.0 Å². The number of aliphatic hydroxyl groups is 4. The van der Waals surface area contributed by atoms with Crippen LogP contribution in [0, 0.1) is 5.92 Å². The molecule has 8 heteroatoms. The van der Waals surface area contributed by atoms with Crippen LogP contribution in [0.1, 0.15) is 27.2 Å². The van der Waals surface area contributed by atoms with Gasteiger partial charge in [-0.1, -0.05) is 20.3 Å². The van der Waals surface area contributed by atoms with Crippen LogP contribution < -0.4 is 5.32 Å². The molecule has 1 rings (SSSR count). The summed E-state index contributed by atoms with van der Waals surface area (Å²) in [5.74, 6) is -1.61. The predicted octanol–water partition coefficient (Wildman–Crippen LogP) is -1.18. The van der Waals surface area contributed by atoms with Crippen molar-refractivity contribution in [3.63, 3.8) is 0 Å². The second-order valence-electron chi connectivity index (χ2n) is 6.02. The van der Waals surface area contributed by atoms with Crippen molar-refractivity contribution < 1.29 is 35.1 Å². The third-order valence-electron chi connectivity index (χ3n) is 4.39. The molecule has 0 aromatic heterocycles. The summed E-state index contributed by atoms with van der Waals surface area (Å²) in [4.78, 5) is 11.1. The first-order valence-electron chi connectivity index (χ1n) is 7.75. The molecule has 0 spiro atoms. The van der Waals surface area contributed by atoms with Crippen LogP contribution in [0.4, 0.5) is 0 Å². The molecule has 0 fully saturated rings. The zero-order valence-corrected chi connectivity index (χ0v) is 13.6. The van der Waals surface area contributed by atoms with Crippen molar-refractivity contribution in [2.75, 3.05) is 6.61 Å². The molecule has 134 valence electrons. The zero-order chi connectivity index (χ0) is 17.7. The molecule has 0 saturated heterocycles. The van der Waals surface area contributed by atoms with Gasteiger partial charge in [-0.15, -0.1) is 0 Å². The summed E-state index contributed by atoms with van der Waals surface area (Å²) in [6.07, 6.45) is -3.55. The van der Waals surface area contributed by atoms with Gasteiger partial charge in [0.15, 0.2) is 0 Å². The molecule has 0 aromatic rings. The van der Waals surface area contributed by atoms with Gasteiger partial charge in [0.1, 0.15) is 18.3 Å². The molecule has 6 N–H and O–H groups in total. The summed E-state index contributed by atoms with van der Waals surface area (Å²) in [6, 6.07) is -0.859. The molecule has 0 bridgehead atoms. The molecule has 2 unspecified atom stereocenters. The first-order valence-corrected chi connectivity index (χ1v) is 7.75. The van der Waals surface area contributed by atoms with Crippen molar-refractivity contribution in [3.8, 4) is 0 Å². The van der Waals surface area contributed by atoms with Gasteiger partial charge in [0.05, 0.1) is 18.8 Å². The van der Waals surface area contributed by atoms with Crippen LogP contribution in [-0.2, 0) is 9.53 Å². The highest BCUT2D eigenvalue weighted by Gasteiger charge is 2.43. The lowest BCUT2D eigenvalue weighted by atomic mass is 9.91. The molecular weight excluding hydrogens is 306 g/mol. The Morgan fingerprint density at radius 2 is 2.00 bits per heavy atom. The number of carboxylic acids is 1. The van der Waals surface area contributed by atoms with Gasteiger partial charge in [-0.05, 0) is 18.9 Å². The average molecular weight is 333 g/mol. The number of hydrogen-bond acceptors (Lipinski definition) is 7. The van der Waals surface area contributed by atoms with E-state index in [4.69, 9.17) is 14.9 Å². The fourth-order valence-electron chi connectivity index (χ4n) is 2.46. The topological polar surface area (TPSA) is 139 Å². The molecule has 0 aromatic carbocycles. The molecule has 8 nitrogen and oxygen atoms in total. The van der Waals surface area contributed by atoms with E-state index in [2.05, 4.69) is 5.32 Å². The van der Waals surface area contributed by atoms with Crippen molar-refractivity contribution >= 4 is 5.97 Å². The first-order chi connectivity index (χ1) is 10.7. The van der Waals surface area contributed by atoms with Gasteiger partial charge in [-0.3, -0.25) is 0 Å². The summed E-state index contributed by atoms with van der Waals surface area (Å²) in [6.45, 7) is 5.22. The number of nitrogens with one attached hydrogen (secondary N) is 1. The number of ether oxygens (including phenoxy) is 1. The second kappa shape index (κ2) is 8.60. The van der Waals surface area contributed by atoms with Crippen LogP contribution in [0.25, 0.3) is 0 Å². The maximum atomic E-state index is 11.1. The maximum Gasteiger partial charge on any atom is 0.370 e. The van der Waals surface area contributed by atoms with Crippen LogP contribution in [0.15, 0.2) is 11.8 Å². The fraction of sp³-hybridized carbons (Fsp3) is 0.800. The minimum Gasteiger partial charge on any atom is -0.479 e. The van der Waals surface area contributed by atoms with Crippen LogP contribution in [-0.4, -0.2) is 74.6 Å². The van der Waals surface area contributed by atoms with E-state index in [0.29, 0.717) is 0 Å². The predicted molar refractivity (Wildman–Crippen MR) is 81.5 cm³/mol. The first kappa shape index (κ1) is 19.9. The maximum absolute atomic E-state index is 11.1. The Morgan fingerprint density at radius 3 is 2.48 bits per heavy atom. The molecular formula is C15H27NO7. The molecule has 0 saturated carbocycles. The van der Waals surface area contributed by atoms with Gasteiger partial charge in [0.25, 0.3) is 0 Å². The standard InChI is InChI=1S/C15H27NO7/c1-4-7(2)8(3)16-12-9(18)5-11(15(21)22)23-14(12)13(20)10(19)6-17/h5,7-10,12-14,16-20H,4,6H2,1-3H3,(H,21,22)/t7?,8?,9-,10+,12+,13+,14+/m0/s1. The smallest absolute Gasteiger partial charge is 0.370 e. The molecule has 1 aliphatic rings. The van der Waals surface area contributed by atoms with E-state index in [9.17, 15) is 20.1 Å². The van der Waals surface area contributed by atoms with E-state index in [1.807, 2.05) is 20.8 Å². The van der Waals surface area contributed by atoms with Gasteiger partial charge < -0.3 is 35.6 Å². The van der Waals surface area contributed by atoms with Crippen molar-refractivity contribution in [3.05, 3.63) is 11.8 Å². The summed E-state index contributed by atoms with van der Waals surface area (Å²) in [5, 5.41) is 51.1. The largest absolute Gasteiger partial charge is 0.479 e. The van der Waals surface area contributed by atoms with Gasteiger partial charge in [-0.25, -0.2) is 4.79 Å². The molecule has 0 aliphatic carbocycles. The molecule has 1 heterocycles. The van der Waals surface area contributed by atoms with Crippen LogP contribution in [0.5, 0.6) is 0 Å². The van der Waals surface area contributed by atoms with Crippen molar-refractivity contribution in [2.24, 2.45) is 5.92 Å². The number of aliphatic hydroxyl groups excluding tert-OH is 4. The Kier molecular flexibility index (Phi) is 7.43. The minimum absolute atomic E-state index is 0.0380. The number of aliphatic carboxylic acids is 1. The van der Waals surface area contributed by atoms with E-state index in [1.54, 1.807) is 0 Å². The minimum atomic E-state index is -1.56. The van der Waals surface area contributed by atoms with Crippen molar-refractivity contribution in [1.29, 1.82) is 0 Å². The van der Waals surface area contributed by atoms with Crippen molar-refractivity contribution in [2.45, 2.75) is 63.7 Å². The summed E-state index contributed by atoms with van der Waals surface area (Å²) in [5.41, 5.74) is 0. The number of hydrogen-bond donors (Lipinski definition) is 6. The Bertz CT molecular complexity index is 428. The highest BCUT2D eigenvalue weighted by Crippen LogP contribution is 2.24. The third-order valence-corrected chi connectivity index (χ3v) is 4.39. The number of rotatable bonds is 8. The summed E-state index contributed by atoms with van der Waals surface area (Å²) < 4.78 is 5.25. The lowest BCUT2D eigenvalue weighted by Crippen LogP contribution is -2.61. The van der Waals surface area contributed by atoms with Crippen molar-refractivity contribution in [1.82, 2.24) is 5.32 Å². The lowest BCUT2D eigenvalue weighted by Gasteiger charge is -2.40. The Hall–Kier alpha value is -1.19. The normalized spacial score (nSPS) is 29.9. The van der Waals surface area contributed by atoms with Crippen LogP contribution in [0.3, 0.4) is 0 Å². The summed E-state index contributed by atoms with van der Waals surface area (Å²) >= 11 is 0.